The zero-order valence-electron chi connectivity index (χ0n) is 13.5. The number of aryl methyl sites for hydroxylation is 1. The third-order valence-electron chi connectivity index (χ3n) is 3.82. The first kappa shape index (κ1) is 17.5. The van der Waals surface area contributed by atoms with Crippen LogP contribution in [0.5, 0.6) is 11.5 Å². The standard InChI is InChI=1S/C18H12BrClN2O3S/c1-9-2-3-11(6-13(9)20)21-18-22-17(23)16(26-18)5-10-4-14-15(7-12(10)19)25-8-24-14/h2-7H,8H2,1H3,(H,21,22,23). The number of thioether (sulfide) groups is 1. The van der Waals surface area contributed by atoms with Gasteiger partial charge in [0.05, 0.1) is 10.6 Å². The molecule has 0 aromatic heterocycles. The molecule has 2 aromatic rings. The van der Waals surface area contributed by atoms with Crippen LogP contribution in [0.15, 0.2) is 44.7 Å². The van der Waals surface area contributed by atoms with Gasteiger partial charge >= 0.3 is 0 Å². The van der Waals surface area contributed by atoms with Gasteiger partial charge in [0.15, 0.2) is 16.7 Å². The summed E-state index contributed by atoms with van der Waals surface area (Å²) < 4.78 is 11.5. The minimum Gasteiger partial charge on any atom is -0.454 e. The second-order valence-corrected chi connectivity index (χ2v) is 7.93. The van der Waals surface area contributed by atoms with Crippen LogP contribution in [0, 0.1) is 6.92 Å². The zero-order chi connectivity index (χ0) is 18.3. The van der Waals surface area contributed by atoms with Crippen LogP contribution in [0.25, 0.3) is 6.08 Å². The fourth-order valence-electron chi connectivity index (χ4n) is 2.43. The summed E-state index contributed by atoms with van der Waals surface area (Å²) in [7, 11) is 0. The predicted molar refractivity (Wildman–Crippen MR) is 107 cm³/mol. The Morgan fingerprint density at radius 3 is 2.81 bits per heavy atom. The van der Waals surface area contributed by atoms with Crippen LogP contribution in [0.2, 0.25) is 5.02 Å². The molecule has 0 saturated carbocycles. The van der Waals surface area contributed by atoms with Gasteiger partial charge in [0, 0.05) is 9.50 Å². The van der Waals surface area contributed by atoms with E-state index in [1.54, 1.807) is 12.1 Å². The maximum atomic E-state index is 12.3. The Kier molecular flexibility index (Phi) is 4.69. The number of carbonyl (C=O) groups is 1. The van der Waals surface area contributed by atoms with Crippen molar-refractivity contribution in [3.8, 4) is 11.5 Å². The smallest absolute Gasteiger partial charge is 0.264 e. The number of benzene rings is 2. The monoisotopic (exact) mass is 450 g/mol. The van der Waals surface area contributed by atoms with E-state index in [2.05, 4.69) is 26.2 Å². The van der Waals surface area contributed by atoms with Crippen molar-refractivity contribution < 1.29 is 14.3 Å². The largest absolute Gasteiger partial charge is 0.454 e. The summed E-state index contributed by atoms with van der Waals surface area (Å²) in [6.45, 7) is 2.13. The minimum absolute atomic E-state index is 0.198. The van der Waals surface area contributed by atoms with Gasteiger partial charge in [-0.25, -0.2) is 4.99 Å². The van der Waals surface area contributed by atoms with E-state index in [9.17, 15) is 4.79 Å². The van der Waals surface area contributed by atoms with Crippen molar-refractivity contribution in [1.29, 1.82) is 0 Å². The third-order valence-corrected chi connectivity index (χ3v) is 5.82. The van der Waals surface area contributed by atoms with Crippen molar-refractivity contribution in [3.05, 3.63) is 55.9 Å². The van der Waals surface area contributed by atoms with Crippen LogP contribution in [-0.2, 0) is 4.79 Å². The van der Waals surface area contributed by atoms with Gasteiger partial charge in [-0.15, -0.1) is 0 Å². The van der Waals surface area contributed by atoms with Gasteiger partial charge in [-0.3, -0.25) is 4.79 Å². The lowest BCUT2D eigenvalue weighted by Crippen LogP contribution is -2.19. The second kappa shape index (κ2) is 6.98. The van der Waals surface area contributed by atoms with Gasteiger partial charge in [0.2, 0.25) is 6.79 Å². The molecule has 4 rings (SSSR count). The number of rotatable bonds is 2. The number of halogens is 2. The number of amidine groups is 1. The molecule has 0 spiro atoms. The number of nitrogens with zero attached hydrogens (tertiary/aromatic N) is 1. The fourth-order valence-corrected chi connectivity index (χ4v) is 3.88. The lowest BCUT2D eigenvalue weighted by atomic mass is 10.2. The van der Waals surface area contributed by atoms with Gasteiger partial charge in [-0.1, -0.05) is 33.6 Å². The molecule has 8 heteroatoms. The molecule has 2 aliphatic heterocycles. The number of carbonyl (C=O) groups excluding carboxylic acids is 1. The Morgan fingerprint density at radius 1 is 1.27 bits per heavy atom. The maximum absolute atomic E-state index is 12.3. The van der Waals surface area contributed by atoms with E-state index < -0.39 is 0 Å². The summed E-state index contributed by atoms with van der Waals surface area (Å²) in [4.78, 5) is 17.3. The van der Waals surface area contributed by atoms with E-state index in [1.807, 2.05) is 31.2 Å². The van der Waals surface area contributed by atoms with Crippen LogP contribution in [0.4, 0.5) is 5.69 Å². The van der Waals surface area contributed by atoms with Crippen molar-refractivity contribution in [1.82, 2.24) is 5.32 Å². The first-order valence-corrected chi connectivity index (χ1v) is 9.63. The minimum atomic E-state index is -0.198. The van der Waals surface area contributed by atoms with Crippen molar-refractivity contribution in [3.63, 3.8) is 0 Å². The van der Waals surface area contributed by atoms with E-state index in [-0.39, 0.29) is 12.7 Å². The summed E-state index contributed by atoms with van der Waals surface area (Å²) in [6, 6.07) is 9.19. The summed E-state index contributed by atoms with van der Waals surface area (Å²) in [6.07, 6.45) is 1.79. The first-order chi connectivity index (χ1) is 12.5. The Morgan fingerprint density at radius 2 is 2.04 bits per heavy atom. The van der Waals surface area contributed by atoms with E-state index in [1.165, 1.54) is 11.8 Å². The molecule has 1 N–H and O–H groups in total. The average Bonchev–Trinajstić information content (AvgIpc) is 3.18. The topological polar surface area (TPSA) is 59.9 Å². The van der Waals surface area contributed by atoms with Gasteiger partial charge in [0.1, 0.15) is 0 Å². The van der Waals surface area contributed by atoms with E-state index in [4.69, 9.17) is 21.1 Å². The number of ether oxygens (including phenoxy) is 2. The lowest BCUT2D eigenvalue weighted by molar-refractivity contribution is -0.115. The number of aliphatic imine (C=N–C) groups is 1. The van der Waals surface area contributed by atoms with Crippen molar-refractivity contribution in [2.75, 3.05) is 6.79 Å². The van der Waals surface area contributed by atoms with Crippen molar-refractivity contribution in [2.45, 2.75) is 6.92 Å². The predicted octanol–water partition coefficient (Wildman–Crippen LogP) is 5.03. The molecule has 26 heavy (non-hydrogen) atoms. The number of nitrogens with one attached hydrogen (secondary N) is 1. The normalized spacial score (nSPS) is 18.7. The van der Waals surface area contributed by atoms with E-state index >= 15 is 0 Å². The molecule has 1 saturated heterocycles. The third kappa shape index (κ3) is 3.47. The summed E-state index contributed by atoms with van der Waals surface area (Å²) >= 11 is 10.9. The molecular weight excluding hydrogens is 440 g/mol. The molecule has 0 bridgehead atoms. The van der Waals surface area contributed by atoms with Gasteiger partial charge < -0.3 is 14.8 Å². The highest BCUT2D eigenvalue weighted by Gasteiger charge is 2.25. The molecule has 0 aliphatic carbocycles. The Bertz CT molecular complexity index is 991. The molecule has 0 atom stereocenters. The quantitative estimate of drug-likeness (QED) is 0.651. The number of fused-ring (bicyclic) bond motifs is 1. The molecule has 5 nitrogen and oxygen atoms in total. The first-order valence-electron chi connectivity index (χ1n) is 7.64. The Labute approximate surface area is 167 Å². The highest BCUT2D eigenvalue weighted by atomic mass is 79.9. The van der Waals surface area contributed by atoms with Gasteiger partial charge in [-0.05, 0) is 60.2 Å². The highest BCUT2D eigenvalue weighted by molar-refractivity contribution is 9.10. The molecular formula is C18H12BrClN2O3S. The maximum Gasteiger partial charge on any atom is 0.264 e. The highest BCUT2D eigenvalue weighted by Crippen LogP contribution is 2.39. The number of amides is 1. The van der Waals surface area contributed by atoms with Crippen LogP contribution < -0.4 is 14.8 Å². The van der Waals surface area contributed by atoms with Gasteiger partial charge in [-0.2, -0.15) is 0 Å². The fraction of sp³-hybridized carbons (Fsp3) is 0.111. The van der Waals surface area contributed by atoms with Crippen LogP contribution in [0.1, 0.15) is 11.1 Å². The average molecular weight is 452 g/mol. The SMILES string of the molecule is Cc1ccc(N=C2NC(=O)C(=Cc3cc4c(cc3Br)OCO4)S2)cc1Cl. The van der Waals surface area contributed by atoms with E-state index in [0.717, 1.165) is 15.6 Å². The molecule has 132 valence electrons. The van der Waals surface area contributed by atoms with Crippen molar-refractivity contribution in [2.24, 2.45) is 4.99 Å². The van der Waals surface area contributed by atoms with E-state index in [0.29, 0.717) is 32.3 Å². The molecule has 2 heterocycles. The zero-order valence-corrected chi connectivity index (χ0v) is 16.7. The number of hydrogen-bond acceptors (Lipinski definition) is 5. The van der Waals surface area contributed by atoms with Gasteiger partial charge in [0.25, 0.3) is 5.91 Å². The Balaban J connectivity index is 1.61. The molecule has 1 amide bonds. The van der Waals surface area contributed by atoms with Crippen LogP contribution >= 0.6 is 39.3 Å². The van der Waals surface area contributed by atoms with Crippen LogP contribution in [-0.4, -0.2) is 17.9 Å². The summed E-state index contributed by atoms with van der Waals surface area (Å²) in [5, 5.41) is 3.92. The Hall–Kier alpha value is -1.96. The molecule has 2 aromatic carbocycles. The van der Waals surface area contributed by atoms with Crippen molar-refractivity contribution >= 4 is 62.1 Å². The summed E-state index contributed by atoms with van der Waals surface area (Å²) in [5.74, 6) is 1.14. The molecule has 2 aliphatic rings. The number of hydrogen-bond donors (Lipinski definition) is 1. The lowest BCUT2D eigenvalue weighted by Gasteiger charge is -2.02. The molecule has 0 radical (unpaired) electrons. The second-order valence-electron chi connectivity index (χ2n) is 5.64. The molecule has 1 fully saturated rings. The molecule has 0 unspecified atom stereocenters. The summed E-state index contributed by atoms with van der Waals surface area (Å²) in [5.41, 5.74) is 2.49. The van der Waals surface area contributed by atoms with Crippen LogP contribution in [0.3, 0.4) is 0 Å².